The Bertz CT molecular complexity index is 542. The molecule has 0 radical (unpaired) electrons. The summed E-state index contributed by atoms with van der Waals surface area (Å²) < 4.78 is 5.46. The van der Waals surface area contributed by atoms with Gasteiger partial charge in [-0.15, -0.1) is 0 Å². The first kappa shape index (κ1) is 11.6. The summed E-state index contributed by atoms with van der Waals surface area (Å²) in [7, 11) is 0. The van der Waals surface area contributed by atoms with Gasteiger partial charge in [-0.1, -0.05) is 18.2 Å². The predicted molar refractivity (Wildman–Crippen MR) is 72.4 cm³/mol. The Morgan fingerprint density at radius 2 is 2.33 bits per heavy atom. The van der Waals surface area contributed by atoms with Crippen LogP contribution in [0.1, 0.15) is 18.9 Å². The molecule has 1 aromatic carbocycles. The van der Waals surface area contributed by atoms with Gasteiger partial charge in [-0.25, -0.2) is 0 Å². The van der Waals surface area contributed by atoms with Crippen molar-refractivity contribution in [2.45, 2.75) is 25.4 Å². The standard InChI is InChI=1S/C15H18N2O/c1-15(6-8-18-11-15)17-10-13-4-2-3-12-9-16-7-5-14(12)13/h2-5,7,9,17H,6,8,10-11H2,1H3. The van der Waals surface area contributed by atoms with Crippen molar-refractivity contribution < 1.29 is 4.74 Å². The highest BCUT2D eigenvalue weighted by atomic mass is 16.5. The van der Waals surface area contributed by atoms with Crippen LogP contribution in [0.4, 0.5) is 0 Å². The third-order valence-corrected chi connectivity index (χ3v) is 3.70. The number of nitrogens with zero attached hydrogens (tertiary/aromatic N) is 1. The van der Waals surface area contributed by atoms with Crippen molar-refractivity contribution in [1.29, 1.82) is 0 Å². The summed E-state index contributed by atoms with van der Waals surface area (Å²) in [4.78, 5) is 4.16. The summed E-state index contributed by atoms with van der Waals surface area (Å²) in [5.41, 5.74) is 1.44. The lowest BCUT2D eigenvalue weighted by Gasteiger charge is -2.24. The molecule has 1 aliphatic heterocycles. The molecule has 3 nitrogen and oxygen atoms in total. The molecule has 0 aliphatic carbocycles. The van der Waals surface area contributed by atoms with Crippen LogP contribution >= 0.6 is 0 Å². The van der Waals surface area contributed by atoms with Crippen LogP contribution in [0, 0.1) is 0 Å². The molecule has 1 fully saturated rings. The third-order valence-electron chi connectivity index (χ3n) is 3.70. The van der Waals surface area contributed by atoms with Crippen LogP contribution in [0.5, 0.6) is 0 Å². The summed E-state index contributed by atoms with van der Waals surface area (Å²) in [5.74, 6) is 0. The second-order valence-electron chi connectivity index (χ2n) is 5.23. The number of benzene rings is 1. The average Bonchev–Trinajstić information content (AvgIpc) is 2.84. The van der Waals surface area contributed by atoms with Gasteiger partial charge < -0.3 is 10.1 Å². The Hall–Kier alpha value is -1.45. The summed E-state index contributed by atoms with van der Waals surface area (Å²) in [6.45, 7) is 4.77. The SMILES string of the molecule is CC1(NCc2cccc3cnccc23)CCOC1. The fourth-order valence-electron chi connectivity index (χ4n) is 2.46. The van der Waals surface area contributed by atoms with Crippen LogP contribution in [0.2, 0.25) is 0 Å². The number of hydrogen-bond donors (Lipinski definition) is 1. The molecule has 1 saturated heterocycles. The summed E-state index contributed by atoms with van der Waals surface area (Å²) in [6, 6.07) is 8.45. The maximum absolute atomic E-state index is 5.46. The smallest absolute Gasteiger partial charge is 0.0646 e. The van der Waals surface area contributed by atoms with Gasteiger partial charge in [-0.05, 0) is 30.4 Å². The largest absolute Gasteiger partial charge is 0.379 e. The first-order chi connectivity index (χ1) is 8.77. The minimum atomic E-state index is 0.120. The minimum Gasteiger partial charge on any atom is -0.379 e. The van der Waals surface area contributed by atoms with Crippen LogP contribution in [-0.2, 0) is 11.3 Å². The van der Waals surface area contributed by atoms with Crippen molar-refractivity contribution in [3.8, 4) is 0 Å². The number of hydrogen-bond acceptors (Lipinski definition) is 3. The van der Waals surface area contributed by atoms with E-state index in [9.17, 15) is 0 Å². The van der Waals surface area contributed by atoms with E-state index in [-0.39, 0.29) is 5.54 Å². The molecule has 1 atom stereocenters. The molecule has 2 aromatic rings. The molecule has 0 bridgehead atoms. The molecule has 0 amide bonds. The summed E-state index contributed by atoms with van der Waals surface area (Å²) in [6.07, 6.45) is 4.85. The van der Waals surface area contributed by atoms with E-state index < -0.39 is 0 Å². The minimum absolute atomic E-state index is 0.120. The van der Waals surface area contributed by atoms with Gasteiger partial charge in [0.05, 0.1) is 6.61 Å². The van der Waals surface area contributed by atoms with Gasteiger partial charge >= 0.3 is 0 Å². The number of rotatable bonds is 3. The van der Waals surface area contributed by atoms with Crippen molar-refractivity contribution in [2.75, 3.05) is 13.2 Å². The van der Waals surface area contributed by atoms with E-state index in [0.29, 0.717) is 0 Å². The number of fused-ring (bicyclic) bond motifs is 1. The molecule has 0 spiro atoms. The quantitative estimate of drug-likeness (QED) is 0.898. The lowest BCUT2D eigenvalue weighted by Crippen LogP contribution is -2.42. The predicted octanol–water partition coefficient (Wildman–Crippen LogP) is 2.50. The van der Waals surface area contributed by atoms with Crippen LogP contribution in [-0.4, -0.2) is 23.7 Å². The first-order valence-electron chi connectivity index (χ1n) is 6.41. The average molecular weight is 242 g/mol. The van der Waals surface area contributed by atoms with Gasteiger partial charge in [0.25, 0.3) is 0 Å². The Labute approximate surface area is 107 Å². The molecular weight excluding hydrogens is 224 g/mol. The number of pyridine rings is 1. The van der Waals surface area contributed by atoms with E-state index in [1.807, 2.05) is 12.4 Å². The zero-order valence-corrected chi connectivity index (χ0v) is 10.6. The van der Waals surface area contributed by atoms with Crippen LogP contribution < -0.4 is 5.32 Å². The van der Waals surface area contributed by atoms with Gasteiger partial charge in [0.2, 0.25) is 0 Å². The molecule has 0 saturated carbocycles. The Kier molecular flexibility index (Phi) is 3.02. The number of nitrogens with one attached hydrogen (secondary N) is 1. The van der Waals surface area contributed by atoms with Gasteiger partial charge in [0.15, 0.2) is 0 Å². The van der Waals surface area contributed by atoms with Gasteiger partial charge in [0, 0.05) is 36.5 Å². The van der Waals surface area contributed by atoms with Crippen molar-refractivity contribution >= 4 is 10.8 Å². The molecule has 2 heterocycles. The molecule has 1 N–H and O–H groups in total. The van der Waals surface area contributed by atoms with Gasteiger partial charge in [-0.3, -0.25) is 4.98 Å². The molecule has 18 heavy (non-hydrogen) atoms. The van der Waals surface area contributed by atoms with E-state index in [2.05, 4.69) is 41.5 Å². The molecule has 1 aliphatic rings. The number of ether oxygens (including phenoxy) is 1. The lowest BCUT2D eigenvalue weighted by molar-refractivity contribution is 0.171. The van der Waals surface area contributed by atoms with E-state index in [1.54, 1.807) is 0 Å². The van der Waals surface area contributed by atoms with E-state index >= 15 is 0 Å². The highest BCUT2D eigenvalue weighted by molar-refractivity contribution is 5.84. The molecule has 94 valence electrons. The fourth-order valence-corrected chi connectivity index (χ4v) is 2.46. The van der Waals surface area contributed by atoms with Gasteiger partial charge in [0.1, 0.15) is 0 Å². The maximum atomic E-state index is 5.46. The van der Waals surface area contributed by atoms with Crippen molar-refractivity contribution in [1.82, 2.24) is 10.3 Å². The maximum Gasteiger partial charge on any atom is 0.0646 e. The van der Waals surface area contributed by atoms with Crippen LogP contribution in [0.3, 0.4) is 0 Å². The Morgan fingerprint density at radius 1 is 1.39 bits per heavy atom. The second kappa shape index (κ2) is 4.67. The first-order valence-corrected chi connectivity index (χ1v) is 6.41. The van der Waals surface area contributed by atoms with E-state index in [0.717, 1.165) is 26.2 Å². The van der Waals surface area contributed by atoms with Crippen LogP contribution in [0.15, 0.2) is 36.7 Å². The molecule has 3 heteroatoms. The van der Waals surface area contributed by atoms with Crippen molar-refractivity contribution in [2.24, 2.45) is 0 Å². The normalized spacial score (nSPS) is 23.6. The molecular formula is C15H18N2O. The van der Waals surface area contributed by atoms with E-state index in [1.165, 1.54) is 16.3 Å². The topological polar surface area (TPSA) is 34.2 Å². The highest BCUT2D eigenvalue weighted by Gasteiger charge is 2.28. The molecule has 3 rings (SSSR count). The second-order valence-corrected chi connectivity index (χ2v) is 5.23. The van der Waals surface area contributed by atoms with Crippen molar-refractivity contribution in [3.63, 3.8) is 0 Å². The summed E-state index contributed by atoms with van der Waals surface area (Å²) in [5, 5.41) is 6.10. The lowest BCUT2D eigenvalue weighted by atomic mass is 10.0. The highest BCUT2D eigenvalue weighted by Crippen LogP contribution is 2.21. The monoisotopic (exact) mass is 242 g/mol. The Balaban J connectivity index is 1.82. The summed E-state index contributed by atoms with van der Waals surface area (Å²) >= 11 is 0. The van der Waals surface area contributed by atoms with E-state index in [4.69, 9.17) is 4.74 Å². The van der Waals surface area contributed by atoms with Crippen molar-refractivity contribution in [3.05, 3.63) is 42.2 Å². The van der Waals surface area contributed by atoms with Gasteiger partial charge in [-0.2, -0.15) is 0 Å². The van der Waals surface area contributed by atoms with Crippen LogP contribution in [0.25, 0.3) is 10.8 Å². The third kappa shape index (κ3) is 2.24. The Morgan fingerprint density at radius 3 is 3.17 bits per heavy atom. The number of aromatic nitrogens is 1. The zero-order chi connectivity index (χ0) is 12.4. The zero-order valence-electron chi connectivity index (χ0n) is 10.6. The molecule has 1 aromatic heterocycles. The fraction of sp³-hybridized carbons (Fsp3) is 0.400. The molecule has 1 unspecified atom stereocenters.